The molecule has 126 valence electrons. The van der Waals surface area contributed by atoms with Crippen LogP contribution in [-0.4, -0.2) is 0 Å². The van der Waals surface area contributed by atoms with Crippen molar-refractivity contribution in [3.8, 4) is 37.0 Å². The minimum absolute atomic E-state index is 0.878. The van der Waals surface area contributed by atoms with Gasteiger partial charge >= 0.3 is 0 Å². The Bertz CT molecular complexity index is 586. The first-order chi connectivity index (χ1) is 11.8. The number of aryl methyl sites for hydroxylation is 3. The Labute approximate surface area is 149 Å². The number of hydrogen-bond donors (Lipinski definition) is 0. The molecule has 1 aromatic carbocycles. The van der Waals surface area contributed by atoms with Crippen molar-refractivity contribution in [2.24, 2.45) is 0 Å². The van der Waals surface area contributed by atoms with Gasteiger partial charge in [-0.1, -0.05) is 18.2 Å². The first kappa shape index (κ1) is 19.9. The van der Waals surface area contributed by atoms with Crippen LogP contribution in [0.1, 0.15) is 74.5 Å². The second-order valence-corrected chi connectivity index (χ2v) is 6.34. The van der Waals surface area contributed by atoms with Gasteiger partial charge < -0.3 is 0 Å². The molecular weight excluding hydrogens is 288 g/mol. The second-order valence-electron chi connectivity index (χ2n) is 6.34. The van der Waals surface area contributed by atoms with E-state index in [4.69, 9.17) is 19.3 Å². The highest BCUT2D eigenvalue weighted by atomic mass is 14.1. The quantitative estimate of drug-likeness (QED) is 0.341. The first-order valence-corrected chi connectivity index (χ1v) is 9.23. The summed E-state index contributed by atoms with van der Waals surface area (Å²) in [6, 6.07) is 7.02. The minimum Gasteiger partial charge on any atom is -0.120 e. The van der Waals surface area contributed by atoms with E-state index in [-0.39, 0.29) is 0 Å². The Balaban J connectivity index is 2.64. The molecule has 0 spiro atoms. The molecule has 0 aromatic heterocycles. The third kappa shape index (κ3) is 8.51. The van der Waals surface area contributed by atoms with Gasteiger partial charge in [-0.3, -0.25) is 0 Å². The van der Waals surface area contributed by atoms with E-state index in [0.717, 1.165) is 57.8 Å². The highest BCUT2D eigenvalue weighted by Crippen LogP contribution is 2.19. The molecule has 0 N–H and O–H groups in total. The lowest BCUT2D eigenvalue weighted by atomic mass is 9.93. The molecular formula is C24H30. The molecule has 0 saturated carbocycles. The van der Waals surface area contributed by atoms with Crippen LogP contribution in [0.5, 0.6) is 0 Å². The average Bonchev–Trinajstić information content (AvgIpc) is 2.60. The molecule has 0 heterocycles. The van der Waals surface area contributed by atoms with Gasteiger partial charge in [-0.2, -0.15) is 0 Å². The van der Waals surface area contributed by atoms with E-state index in [0.29, 0.717) is 0 Å². The maximum atomic E-state index is 5.36. The molecule has 24 heavy (non-hydrogen) atoms. The molecule has 0 unspecified atom stereocenters. The van der Waals surface area contributed by atoms with Crippen molar-refractivity contribution < 1.29 is 0 Å². The Morgan fingerprint density at radius 3 is 1.62 bits per heavy atom. The molecule has 0 nitrogen and oxygen atoms in total. The summed E-state index contributed by atoms with van der Waals surface area (Å²) in [5.74, 6) is 8.18. The molecule has 1 aromatic rings. The van der Waals surface area contributed by atoms with Crippen LogP contribution in [0.2, 0.25) is 0 Å². The van der Waals surface area contributed by atoms with E-state index in [1.54, 1.807) is 0 Å². The van der Waals surface area contributed by atoms with Gasteiger partial charge in [0.05, 0.1) is 0 Å². The standard InChI is InChI=1S/C24H30/c1-4-7-10-13-16-22-19-20-23(17-14-11-8-5-2)24(21-22)18-15-12-9-6-3/h1-3,19-21H,7-18H2. The fourth-order valence-electron chi connectivity index (χ4n) is 2.95. The number of hydrogen-bond acceptors (Lipinski definition) is 0. The normalized spacial score (nSPS) is 9.88. The predicted molar refractivity (Wildman–Crippen MR) is 106 cm³/mol. The summed E-state index contributed by atoms with van der Waals surface area (Å²) in [5, 5.41) is 0. The molecule has 0 aliphatic carbocycles. The molecule has 0 aliphatic heterocycles. The Kier molecular flexibility index (Phi) is 11.1. The van der Waals surface area contributed by atoms with Crippen LogP contribution < -0.4 is 0 Å². The molecule has 0 aliphatic rings. The van der Waals surface area contributed by atoms with Gasteiger partial charge in [0, 0.05) is 19.3 Å². The molecule has 0 fully saturated rings. The highest BCUT2D eigenvalue weighted by molar-refractivity contribution is 5.32. The summed E-state index contributed by atoms with van der Waals surface area (Å²) in [6.45, 7) is 0. The van der Waals surface area contributed by atoms with E-state index in [1.165, 1.54) is 36.0 Å². The largest absolute Gasteiger partial charge is 0.120 e. The molecule has 1 rings (SSSR count). The molecule has 0 radical (unpaired) electrons. The van der Waals surface area contributed by atoms with Gasteiger partial charge in [-0.05, 0) is 74.5 Å². The number of rotatable bonds is 12. The lowest BCUT2D eigenvalue weighted by Gasteiger charge is -2.12. The van der Waals surface area contributed by atoms with Gasteiger partial charge in [0.1, 0.15) is 0 Å². The summed E-state index contributed by atoms with van der Waals surface area (Å²) in [6.07, 6.45) is 28.9. The van der Waals surface area contributed by atoms with Crippen LogP contribution in [0.15, 0.2) is 18.2 Å². The van der Waals surface area contributed by atoms with Crippen molar-refractivity contribution in [2.75, 3.05) is 0 Å². The van der Waals surface area contributed by atoms with Crippen molar-refractivity contribution in [1.29, 1.82) is 0 Å². The van der Waals surface area contributed by atoms with Crippen molar-refractivity contribution in [3.05, 3.63) is 34.9 Å². The topological polar surface area (TPSA) is 0 Å². The molecule has 0 bridgehead atoms. The highest BCUT2D eigenvalue weighted by Gasteiger charge is 2.05. The lowest BCUT2D eigenvalue weighted by molar-refractivity contribution is 0.721. The van der Waals surface area contributed by atoms with Gasteiger partial charge in [-0.15, -0.1) is 37.0 Å². The summed E-state index contributed by atoms with van der Waals surface area (Å²) < 4.78 is 0. The van der Waals surface area contributed by atoms with Crippen LogP contribution in [0, 0.1) is 37.0 Å². The van der Waals surface area contributed by atoms with Gasteiger partial charge in [0.15, 0.2) is 0 Å². The second kappa shape index (κ2) is 13.3. The van der Waals surface area contributed by atoms with Crippen LogP contribution in [0.25, 0.3) is 0 Å². The molecule has 0 heteroatoms. The van der Waals surface area contributed by atoms with Crippen LogP contribution in [0.4, 0.5) is 0 Å². The zero-order valence-corrected chi connectivity index (χ0v) is 14.9. The van der Waals surface area contributed by atoms with E-state index >= 15 is 0 Å². The number of benzene rings is 1. The number of terminal acetylenes is 3. The summed E-state index contributed by atoms with van der Waals surface area (Å²) in [7, 11) is 0. The van der Waals surface area contributed by atoms with E-state index in [1.807, 2.05) is 0 Å². The van der Waals surface area contributed by atoms with Crippen molar-refractivity contribution >= 4 is 0 Å². The Morgan fingerprint density at radius 1 is 0.583 bits per heavy atom. The minimum atomic E-state index is 0.878. The van der Waals surface area contributed by atoms with Crippen molar-refractivity contribution in [2.45, 2.75) is 77.0 Å². The zero-order chi connectivity index (χ0) is 17.5. The maximum Gasteiger partial charge on any atom is 0.00861 e. The van der Waals surface area contributed by atoms with Crippen molar-refractivity contribution in [3.63, 3.8) is 0 Å². The smallest absolute Gasteiger partial charge is 0.00861 e. The SMILES string of the molecule is C#CCCCCc1ccc(CCCCC#C)c(CCCCC#C)c1. The Morgan fingerprint density at radius 2 is 1.08 bits per heavy atom. The van der Waals surface area contributed by atoms with E-state index in [2.05, 4.69) is 36.0 Å². The average molecular weight is 319 g/mol. The Hall–Kier alpha value is -2.10. The van der Waals surface area contributed by atoms with Crippen LogP contribution in [-0.2, 0) is 19.3 Å². The first-order valence-electron chi connectivity index (χ1n) is 9.23. The predicted octanol–water partition coefficient (Wildman–Crippen LogP) is 5.72. The van der Waals surface area contributed by atoms with Gasteiger partial charge in [0.25, 0.3) is 0 Å². The van der Waals surface area contributed by atoms with E-state index < -0.39 is 0 Å². The summed E-state index contributed by atoms with van der Waals surface area (Å²) in [4.78, 5) is 0. The third-order valence-corrected chi connectivity index (χ3v) is 4.34. The summed E-state index contributed by atoms with van der Waals surface area (Å²) in [5.41, 5.74) is 4.42. The fraction of sp³-hybridized carbons (Fsp3) is 0.500. The molecule has 0 amide bonds. The van der Waals surface area contributed by atoms with E-state index in [9.17, 15) is 0 Å². The van der Waals surface area contributed by atoms with Crippen LogP contribution >= 0.6 is 0 Å². The monoisotopic (exact) mass is 318 g/mol. The van der Waals surface area contributed by atoms with Gasteiger partial charge in [-0.25, -0.2) is 0 Å². The summed E-state index contributed by atoms with van der Waals surface area (Å²) >= 11 is 0. The number of unbranched alkanes of at least 4 members (excludes halogenated alkanes) is 6. The third-order valence-electron chi connectivity index (χ3n) is 4.34. The van der Waals surface area contributed by atoms with Gasteiger partial charge in [0.2, 0.25) is 0 Å². The lowest BCUT2D eigenvalue weighted by Crippen LogP contribution is -1.98. The van der Waals surface area contributed by atoms with Crippen molar-refractivity contribution in [1.82, 2.24) is 0 Å². The van der Waals surface area contributed by atoms with Crippen LogP contribution in [0.3, 0.4) is 0 Å². The fourth-order valence-corrected chi connectivity index (χ4v) is 2.95. The maximum absolute atomic E-state index is 5.36. The molecule has 0 atom stereocenters. The zero-order valence-electron chi connectivity index (χ0n) is 14.9. The molecule has 0 saturated heterocycles.